The molecule has 1 heterocycles. The minimum atomic E-state index is -0.211. The van der Waals surface area contributed by atoms with Crippen LogP contribution in [0.2, 0.25) is 0 Å². The van der Waals surface area contributed by atoms with Gasteiger partial charge in [0.2, 0.25) is 0 Å². The van der Waals surface area contributed by atoms with Crippen LogP contribution in [-0.4, -0.2) is 56.7 Å². The van der Waals surface area contributed by atoms with Crippen LogP contribution >= 0.6 is 24.0 Å². The highest BCUT2D eigenvalue weighted by Crippen LogP contribution is 2.20. The van der Waals surface area contributed by atoms with E-state index < -0.39 is 0 Å². The van der Waals surface area contributed by atoms with E-state index in [1.807, 2.05) is 20.2 Å². The lowest BCUT2D eigenvalue weighted by atomic mass is 10.1. The van der Waals surface area contributed by atoms with Gasteiger partial charge in [-0.25, -0.2) is 9.38 Å². The summed E-state index contributed by atoms with van der Waals surface area (Å²) in [6.07, 6.45) is 0. The van der Waals surface area contributed by atoms with Crippen LogP contribution < -0.4 is 15.5 Å². The van der Waals surface area contributed by atoms with Crippen molar-refractivity contribution in [3.8, 4) is 0 Å². The number of likely N-dealkylation sites (tertiary alicyclic amines) is 1. The van der Waals surface area contributed by atoms with Gasteiger partial charge in [-0.15, -0.1) is 24.0 Å². The van der Waals surface area contributed by atoms with Crippen LogP contribution in [0.3, 0.4) is 0 Å². The summed E-state index contributed by atoms with van der Waals surface area (Å²) >= 11 is 0. The molecular weight excluding hydrogens is 456 g/mol. The van der Waals surface area contributed by atoms with Crippen LogP contribution in [0, 0.1) is 11.7 Å². The lowest BCUT2D eigenvalue weighted by Gasteiger charge is -2.22. The summed E-state index contributed by atoms with van der Waals surface area (Å²) < 4.78 is 14.1. The fourth-order valence-electron chi connectivity index (χ4n) is 3.29. The van der Waals surface area contributed by atoms with Gasteiger partial charge in [0.25, 0.3) is 0 Å². The third kappa shape index (κ3) is 6.78. The number of halogens is 2. The molecule has 1 fully saturated rings. The average Bonchev–Trinajstić information content (AvgIpc) is 2.93. The Kier molecular flexibility index (Phi) is 9.80. The van der Waals surface area contributed by atoms with Crippen LogP contribution in [0.25, 0.3) is 0 Å². The second-order valence-corrected chi connectivity index (χ2v) is 7.65. The molecule has 1 aliphatic rings. The van der Waals surface area contributed by atoms with Crippen molar-refractivity contribution in [3.05, 3.63) is 29.6 Å². The van der Waals surface area contributed by atoms with Crippen molar-refractivity contribution in [1.29, 1.82) is 0 Å². The molecule has 27 heavy (non-hydrogen) atoms. The van der Waals surface area contributed by atoms with E-state index in [-0.39, 0.29) is 29.8 Å². The predicted octanol–water partition coefficient (Wildman–Crippen LogP) is 3.29. The summed E-state index contributed by atoms with van der Waals surface area (Å²) in [5.74, 6) is 1.16. The number of hydrogen-bond acceptors (Lipinski definition) is 3. The number of rotatable bonds is 6. The molecule has 7 heteroatoms. The first-order chi connectivity index (χ1) is 12.3. The Morgan fingerprint density at radius 1 is 1.33 bits per heavy atom. The Morgan fingerprint density at radius 2 is 2.04 bits per heavy atom. The first kappa shape index (κ1) is 23.9. The molecule has 1 aliphatic heterocycles. The number of guanidine groups is 1. The predicted molar refractivity (Wildman–Crippen MR) is 124 cm³/mol. The third-order valence-corrected chi connectivity index (χ3v) is 4.95. The Hall–Kier alpha value is -1.09. The second-order valence-electron chi connectivity index (χ2n) is 7.65. The van der Waals surface area contributed by atoms with E-state index in [1.54, 1.807) is 17.0 Å². The van der Waals surface area contributed by atoms with Gasteiger partial charge < -0.3 is 15.5 Å². The van der Waals surface area contributed by atoms with Crippen molar-refractivity contribution < 1.29 is 4.39 Å². The number of nitrogens with zero attached hydrogens (tertiary/aromatic N) is 3. The zero-order valence-corrected chi connectivity index (χ0v) is 19.8. The lowest BCUT2D eigenvalue weighted by molar-refractivity contribution is 0.265. The summed E-state index contributed by atoms with van der Waals surface area (Å²) in [4.78, 5) is 8.92. The molecule has 0 aliphatic carbocycles. The molecule has 0 spiro atoms. The molecular formula is C20H35FIN5. The minimum absolute atomic E-state index is 0. The topological polar surface area (TPSA) is 42.9 Å². The van der Waals surface area contributed by atoms with Gasteiger partial charge in [0, 0.05) is 45.8 Å². The number of aliphatic imine (C=N–C) groups is 1. The van der Waals surface area contributed by atoms with Crippen molar-refractivity contribution in [1.82, 2.24) is 15.5 Å². The van der Waals surface area contributed by atoms with Crippen molar-refractivity contribution in [2.24, 2.45) is 10.9 Å². The minimum Gasteiger partial charge on any atom is -0.375 e. The highest BCUT2D eigenvalue weighted by molar-refractivity contribution is 14.0. The van der Waals surface area contributed by atoms with Crippen LogP contribution in [0.15, 0.2) is 23.2 Å². The quantitative estimate of drug-likeness (QED) is 0.364. The maximum atomic E-state index is 14.1. The summed E-state index contributed by atoms with van der Waals surface area (Å²) in [6.45, 7) is 12.2. The normalized spacial score (nSPS) is 20.5. The van der Waals surface area contributed by atoms with E-state index in [2.05, 4.69) is 48.2 Å². The molecule has 0 saturated carbocycles. The molecule has 2 atom stereocenters. The molecule has 154 valence electrons. The second kappa shape index (κ2) is 11.0. The Morgan fingerprint density at radius 3 is 2.56 bits per heavy atom. The van der Waals surface area contributed by atoms with Crippen LogP contribution in [-0.2, 0) is 6.54 Å². The van der Waals surface area contributed by atoms with Crippen molar-refractivity contribution in [2.45, 2.75) is 46.3 Å². The average molecular weight is 491 g/mol. The van der Waals surface area contributed by atoms with Gasteiger partial charge in [-0.2, -0.15) is 0 Å². The first-order valence-electron chi connectivity index (χ1n) is 9.56. The van der Waals surface area contributed by atoms with Crippen molar-refractivity contribution >= 4 is 35.6 Å². The number of nitrogens with one attached hydrogen (secondary N) is 2. The maximum absolute atomic E-state index is 14.1. The Balaban J connectivity index is 0.00000364. The molecule has 2 N–H and O–H groups in total. The van der Waals surface area contributed by atoms with Gasteiger partial charge in [-0.3, -0.25) is 4.90 Å². The van der Waals surface area contributed by atoms with Gasteiger partial charge in [-0.1, -0.05) is 13.0 Å². The van der Waals surface area contributed by atoms with E-state index in [9.17, 15) is 4.39 Å². The Labute approximate surface area is 180 Å². The fourth-order valence-corrected chi connectivity index (χ4v) is 3.29. The molecule has 1 aromatic rings. The molecule has 0 amide bonds. The molecule has 0 bridgehead atoms. The van der Waals surface area contributed by atoms with Crippen LogP contribution in [0.4, 0.5) is 10.1 Å². The van der Waals surface area contributed by atoms with Gasteiger partial charge in [0.1, 0.15) is 5.82 Å². The molecule has 2 unspecified atom stereocenters. The molecule has 0 radical (unpaired) electrons. The van der Waals surface area contributed by atoms with E-state index in [1.165, 1.54) is 0 Å². The van der Waals surface area contributed by atoms with Gasteiger partial charge in [0.15, 0.2) is 5.96 Å². The third-order valence-electron chi connectivity index (χ3n) is 4.95. The van der Waals surface area contributed by atoms with Gasteiger partial charge in [0.05, 0.1) is 12.2 Å². The standard InChI is InChI=1S/C20H34FN5.HI/c1-7-22-20(24-18-13-26(14(2)3)12-15(18)4)23-11-16-8-9-19(25(5)6)17(21)10-16;/h8-10,14-15,18H,7,11-13H2,1-6H3,(H2,22,23,24);1H. The largest absolute Gasteiger partial charge is 0.375 e. The number of hydrogen-bond donors (Lipinski definition) is 2. The first-order valence-corrected chi connectivity index (χ1v) is 9.56. The highest BCUT2D eigenvalue weighted by Gasteiger charge is 2.31. The van der Waals surface area contributed by atoms with Gasteiger partial charge in [-0.05, 0) is 44.4 Å². The van der Waals surface area contributed by atoms with E-state index in [0.717, 1.165) is 31.2 Å². The smallest absolute Gasteiger partial charge is 0.191 e. The van der Waals surface area contributed by atoms with E-state index in [0.29, 0.717) is 30.2 Å². The monoisotopic (exact) mass is 491 g/mol. The number of anilines is 1. The highest BCUT2D eigenvalue weighted by atomic mass is 127. The maximum Gasteiger partial charge on any atom is 0.191 e. The van der Waals surface area contributed by atoms with Crippen LogP contribution in [0.5, 0.6) is 0 Å². The van der Waals surface area contributed by atoms with E-state index >= 15 is 0 Å². The summed E-state index contributed by atoms with van der Waals surface area (Å²) in [7, 11) is 3.68. The van der Waals surface area contributed by atoms with E-state index in [4.69, 9.17) is 0 Å². The zero-order chi connectivity index (χ0) is 19.3. The SMILES string of the molecule is CCNC(=NCc1ccc(N(C)C)c(F)c1)NC1CN(C(C)C)CC1C.I. The number of benzene rings is 1. The molecule has 0 aromatic heterocycles. The summed E-state index contributed by atoms with van der Waals surface area (Å²) in [6, 6.07) is 6.25. The summed E-state index contributed by atoms with van der Waals surface area (Å²) in [5, 5.41) is 6.87. The lowest BCUT2D eigenvalue weighted by Crippen LogP contribution is -2.46. The van der Waals surface area contributed by atoms with Crippen molar-refractivity contribution in [3.63, 3.8) is 0 Å². The molecule has 2 rings (SSSR count). The van der Waals surface area contributed by atoms with Crippen LogP contribution in [0.1, 0.15) is 33.3 Å². The zero-order valence-electron chi connectivity index (χ0n) is 17.4. The fraction of sp³-hybridized carbons (Fsp3) is 0.650. The molecule has 1 aromatic carbocycles. The molecule has 1 saturated heterocycles. The Bertz CT molecular complexity index is 620. The van der Waals surface area contributed by atoms with Crippen molar-refractivity contribution in [2.75, 3.05) is 38.6 Å². The molecule has 5 nitrogen and oxygen atoms in total. The summed E-state index contributed by atoms with van der Waals surface area (Å²) in [5.41, 5.74) is 1.46. The van der Waals surface area contributed by atoms with Gasteiger partial charge >= 0.3 is 0 Å².